The number of hydrogen-bond donors (Lipinski definition) is 2. The number of nitrogens with one attached hydrogen (secondary N) is 1. The quantitative estimate of drug-likeness (QED) is 0.491. The molecule has 1 saturated heterocycles. The summed E-state index contributed by atoms with van der Waals surface area (Å²) in [5.74, 6) is -3.56. The van der Waals surface area contributed by atoms with E-state index >= 15 is 0 Å². The van der Waals surface area contributed by atoms with Gasteiger partial charge in [0.15, 0.2) is 0 Å². The van der Waals surface area contributed by atoms with Crippen LogP contribution in [0.2, 0.25) is 5.02 Å². The molecule has 1 aromatic rings. The SMILES string of the molecule is O=C(O)[C@H]1[C@H](C(=O)Nc2ccc(Cl)c([N+](=O)[O-])c2)[C@H]2C=C[C@H]1O2. The predicted octanol–water partition coefficient (Wildman–Crippen LogP) is 1.84. The summed E-state index contributed by atoms with van der Waals surface area (Å²) >= 11 is 5.71. The van der Waals surface area contributed by atoms with Crippen molar-refractivity contribution in [1.82, 2.24) is 0 Å². The Kier molecular flexibility index (Phi) is 3.78. The van der Waals surface area contributed by atoms with E-state index in [9.17, 15) is 24.8 Å². The molecule has 9 heteroatoms. The molecule has 0 radical (unpaired) electrons. The second-order valence-corrected chi connectivity index (χ2v) is 5.66. The van der Waals surface area contributed by atoms with Crippen LogP contribution in [0.4, 0.5) is 11.4 Å². The first kappa shape index (κ1) is 15.4. The molecule has 1 aromatic carbocycles. The Morgan fingerprint density at radius 2 is 1.91 bits per heavy atom. The van der Waals surface area contributed by atoms with Crippen LogP contribution in [-0.4, -0.2) is 34.1 Å². The fourth-order valence-corrected chi connectivity index (χ4v) is 3.06. The number of ether oxygens (including phenoxy) is 1. The van der Waals surface area contributed by atoms with Crippen LogP contribution in [0.25, 0.3) is 0 Å². The van der Waals surface area contributed by atoms with Crippen LogP contribution in [-0.2, 0) is 14.3 Å². The molecule has 0 aromatic heterocycles. The lowest BCUT2D eigenvalue weighted by Crippen LogP contribution is -2.39. The minimum atomic E-state index is -1.12. The van der Waals surface area contributed by atoms with Crippen LogP contribution in [0.15, 0.2) is 30.4 Å². The van der Waals surface area contributed by atoms with E-state index in [1.807, 2.05) is 0 Å². The summed E-state index contributed by atoms with van der Waals surface area (Å²) in [5.41, 5.74) is -0.176. The van der Waals surface area contributed by atoms with Gasteiger partial charge in [-0.05, 0) is 12.1 Å². The lowest BCUT2D eigenvalue weighted by atomic mass is 9.82. The Balaban J connectivity index is 1.82. The summed E-state index contributed by atoms with van der Waals surface area (Å²) < 4.78 is 5.42. The number of aliphatic carboxylic acids is 1. The van der Waals surface area contributed by atoms with Crippen molar-refractivity contribution in [3.8, 4) is 0 Å². The number of nitro groups is 1. The zero-order valence-corrected chi connectivity index (χ0v) is 12.3. The average Bonchev–Trinajstić information content (AvgIpc) is 3.09. The van der Waals surface area contributed by atoms with Gasteiger partial charge in [0.2, 0.25) is 5.91 Å². The molecule has 0 spiro atoms. The molecular weight excluding hydrogens is 328 g/mol. The first-order valence-corrected chi connectivity index (χ1v) is 7.07. The molecule has 1 amide bonds. The van der Waals surface area contributed by atoms with Gasteiger partial charge in [-0.3, -0.25) is 19.7 Å². The van der Waals surface area contributed by atoms with Gasteiger partial charge in [-0.2, -0.15) is 0 Å². The van der Waals surface area contributed by atoms with Crippen LogP contribution < -0.4 is 5.32 Å². The van der Waals surface area contributed by atoms with E-state index < -0.39 is 40.8 Å². The minimum Gasteiger partial charge on any atom is -0.481 e. The maximum absolute atomic E-state index is 12.4. The number of carbonyl (C=O) groups excluding carboxylic acids is 1. The molecule has 0 unspecified atom stereocenters. The van der Waals surface area contributed by atoms with Crippen molar-refractivity contribution >= 4 is 34.9 Å². The summed E-state index contributed by atoms with van der Waals surface area (Å²) in [6, 6.07) is 3.83. The average molecular weight is 339 g/mol. The van der Waals surface area contributed by atoms with Gasteiger partial charge < -0.3 is 15.2 Å². The molecule has 4 atom stereocenters. The topological polar surface area (TPSA) is 119 Å². The monoisotopic (exact) mass is 338 g/mol. The number of rotatable bonds is 4. The zero-order valence-electron chi connectivity index (χ0n) is 11.5. The lowest BCUT2D eigenvalue weighted by Gasteiger charge is -2.20. The predicted molar refractivity (Wildman–Crippen MR) is 79.2 cm³/mol. The number of hydrogen-bond acceptors (Lipinski definition) is 5. The van der Waals surface area contributed by atoms with E-state index in [1.54, 1.807) is 12.2 Å². The number of carboxylic acids is 1. The highest BCUT2D eigenvalue weighted by atomic mass is 35.5. The fourth-order valence-electron chi connectivity index (χ4n) is 2.87. The first-order chi connectivity index (χ1) is 10.9. The van der Waals surface area contributed by atoms with Crippen molar-refractivity contribution in [2.75, 3.05) is 5.32 Å². The highest BCUT2D eigenvalue weighted by molar-refractivity contribution is 6.32. The summed E-state index contributed by atoms with van der Waals surface area (Å²) in [6.07, 6.45) is 2.04. The Morgan fingerprint density at radius 1 is 1.26 bits per heavy atom. The molecule has 8 nitrogen and oxygen atoms in total. The summed E-state index contributed by atoms with van der Waals surface area (Å²) in [5, 5.41) is 22.6. The van der Waals surface area contributed by atoms with E-state index in [1.165, 1.54) is 12.1 Å². The molecule has 2 aliphatic rings. The van der Waals surface area contributed by atoms with E-state index in [4.69, 9.17) is 16.3 Å². The number of carboxylic acid groups (broad SMARTS) is 1. The molecule has 0 aliphatic carbocycles. The minimum absolute atomic E-state index is 0.0531. The smallest absolute Gasteiger partial charge is 0.310 e. The van der Waals surface area contributed by atoms with Gasteiger partial charge in [0, 0.05) is 11.8 Å². The van der Waals surface area contributed by atoms with Crippen LogP contribution in [0.1, 0.15) is 0 Å². The van der Waals surface area contributed by atoms with Gasteiger partial charge in [0.25, 0.3) is 5.69 Å². The summed E-state index contributed by atoms with van der Waals surface area (Å²) in [7, 11) is 0. The zero-order chi connectivity index (χ0) is 16.7. The fraction of sp³-hybridized carbons (Fsp3) is 0.286. The van der Waals surface area contributed by atoms with Gasteiger partial charge in [0.05, 0.1) is 23.0 Å². The normalized spacial score (nSPS) is 27.9. The number of nitro benzene ring substituents is 1. The molecular formula is C14H11ClN2O6. The number of benzene rings is 1. The Hall–Kier alpha value is -2.45. The number of halogens is 1. The lowest BCUT2D eigenvalue weighted by molar-refractivity contribution is -0.384. The largest absolute Gasteiger partial charge is 0.481 e. The van der Waals surface area contributed by atoms with Gasteiger partial charge in [-0.1, -0.05) is 23.8 Å². The Morgan fingerprint density at radius 3 is 2.52 bits per heavy atom. The van der Waals surface area contributed by atoms with Gasteiger partial charge in [-0.15, -0.1) is 0 Å². The van der Waals surface area contributed by atoms with Crippen molar-refractivity contribution in [1.29, 1.82) is 0 Å². The summed E-state index contributed by atoms with van der Waals surface area (Å²) in [4.78, 5) is 33.9. The third-order valence-electron chi connectivity index (χ3n) is 3.90. The van der Waals surface area contributed by atoms with E-state index in [2.05, 4.69) is 5.32 Å². The second kappa shape index (κ2) is 5.64. The standard InChI is InChI=1S/C14H11ClN2O6/c15-7-2-1-6(5-8(7)17(21)22)16-13(18)11-9-3-4-10(23-9)12(11)14(19)20/h1-5,9-12H,(H,16,18)(H,19,20)/t9-,10-,11-,12-/m1/s1. The van der Waals surface area contributed by atoms with Crippen molar-refractivity contribution in [3.05, 3.63) is 45.5 Å². The van der Waals surface area contributed by atoms with E-state index in [-0.39, 0.29) is 16.4 Å². The van der Waals surface area contributed by atoms with Gasteiger partial charge >= 0.3 is 5.97 Å². The third kappa shape index (κ3) is 2.66. The van der Waals surface area contributed by atoms with Crippen LogP contribution in [0.5, 0.6) is 0 Å². The molecule has 2 heterocycles. The van der Waals surface area contributed by atoms with Crippen LogP contribution >= 0.6 is 11.6 Å². The summed E-state index contributed by atoms with van der Waals surface area (Å²) in [6.45, 7) is 0. The van der Waals surface area contributed by atoms with Crippen LogP contribution in [0.3, 0.4) is 0 Å². The molecule has 2 aliphatic heterocycles. The second-order valence-electron chi connectivity index (χ2n) is 5.25. The molecule has 23 heavy (non-hydrogen) atoms. The molecule has 2 bridgehead atoms. The molecule has 3 rings (SSSR count). The van der Waals surface area contributed by atoms with Crippen molar-refractivity contribution in [2.45, 2.75) is 12.2 Å². The maximum atomic E-state index is 12.4. The van der Waals surface area contributed by atoms with Crippen molar-refractivity contribution in [2.24, 2.45) is 11.8 Å². The highest BCUT2D eigenvalue weighted by Crippen LogP contribution is 2.40. The van der Waals surface area contributed by atoms with Gasteiger partial charge in [-0.25, -0.2) is 0 Å². The highest BCUT2D eigenvalue weighted by Gasteiger charge is 2.53. The number of amides is 1. The van der Waals surface area contributed by atoms with E-state index in [0.29, 0.717) is 0 Å². The number of fused-ring (bicyclic) bond motifs is 2. The van der Waals surface area contributed by atoms with Crippen molar-refractivity contribution < 1.29 is 24.4 Å². The Bertz CT molecular complexity index is 734. The van der Waals surface area contributed by atoms with E-state index in [0.717, 1.165) is 6.07 Å². The first-order valence-electron chi connectivity index (χ1n) is 6.70. The molecule has 1 fully saturated rings. The maximum Gasteiger partial charge on any atom is 0.310 e. The number of anilines is 1. The molecule has 120 valence electrons. The third-order valence-corrected chi connectivity index (χ3v) is 4.22. The van der Waals surface area contributed by atoms with Crippen LogP contribution in [0, 0.1) is 22.0 Å². The van der Waals surface area contributed by atoms with Gasteiger partial charge in [0.1, 0.15) is 10.9 Å². The van der Waals surface area contributed by atoms with Crippen molar-refractivity contribution in [3.63, 3.8) is 0 Å². The molecule has 0 saturated carbocycles. The Labute approximate surface area is 134 Å². The molecule has 2 N–H and O–H groups in total. The number of carbonyl (C=O) groups is 2. The number of nitrogens with zero attached hydrogens (tertiary/aromatic N) is 1.